The number of rotatable bonds is 9. The fraction of sp³-hybridized carbons (Fsp3) is 0.259. The number of halogens is 4. The molecule has 2 heterocycles. The van der Waals surface area contributed by atoms with Crippen LogP contribution in [0.2, 0.25) is 0 Å². The normalized spacial score (nSPS) is 12.6. The van der Waals surface area contributed by atoms with E-state index >= 15 is 0 Å². The zero-order chi connectivity index (χ0) is 24.8. The number of aromatic nitrogens is 3. The molecule has 0 fully saturated rings. The van der Waals surface area contributed by atoms with Crippen LogP contribution in [0.4, 0.5) is 23.2 Å². The van der Waals surface area contributed by atoms with Gasteiger partial charge in [-0.05, 0) is 46.9 Å². The van der Waals surface area contributed by atoms with E-state index in [1.807, 2.05) is 0 Å². The second kappa shape index (κ2) is 10.7. The van der Waals surface area contributed by atoms with Gasteiger partial charge in [-0.1, -0.05) is 56.2 Å². The van der Waals surface area contributed by atoms with Crippen LogP contribution >= 0.6 is 0 Å². The lowest BCUT2D eigenvalue weighted by Gasteiger charge is -2.19. The monoisotopic (exact) mass is 482 g/mol. The maximum Gasteiger partial charge on any atom is 0.393 e. The van der Waals surface area contributed by atoms with Crippen molar-refractivity contribution in [3.05, 3.63) is 89.6 Å². The van der Waals surface area contributed by atoms with Crippen LogP contribution in [0, 0.1) is 5.95 Å². The zero-order valence-electron chi connectivity index (χ0n) is 19.3. The van der Waals surface area contributed by atoms with Gasteiger partial charge in [0.15, 0.2) is 0 Å². The summed E-state index contributed by atoms with van der Waals surface area (Å²) in [5.41, 5.74) is 2.95. The SMILES string of the molecule is CCCCCNc1cncc(/C(=C(/CC(F)(F)F)c2ccccc2)c2ccc3n[nH]c(F)c3c2)c1. The molecular formula is C27H26F4N4. The lowest BCUT2D eigenvalue weighted by atomic mass is 9.88. The van der Waals surface area contributed by atoms with Gasteiger partial charge in [0, 0.05) is 24.5 Å². The molecule has 35 heavy (non-hydrogen) atoms. The van der Waals surface area contributed by atoms with E-state index < -0.39 is 18.5 Å². The second-order valence-electron chi connectivity index (χ2n) is 8.38. The van der Waals surface area contributed by atoms with E-state index in [9.17, 15) is 17.6 Å². The molecule has 182 valence electrons. The van der Waals surface area contributed by atoms with Crippen molar-refractivity contribution in [3.8, 4) is 0 Å². The molecule has 0 unspecified atom stereocenters. The average Bonchev–Trinajstić information content (AvgIpc) is 3.22. The summed E-state index contributed by atoms with van der Waals surface area (Å²) in [6.45, 7) is 2.85. The van der Waals surface area contributed by atoms with E-state index in [4.69, 9.17) is 0 Å². The van der Waals surface area contributed by atoms with Crippen molar-refractivity contribution in [1.29, 1.82) is 0 Å². The third-order valence-corrected chi connectivity index (χ3v) is 5.73. The van der Waals surface area contributed by atoms with E-state index in [0.29, 0.717) is 33.5 Å². The molecule has 2 aromatic heterocycles. The summed E-state index contributed by atoms with van der Waals surface area (Å²) in [7, 11) is 0. The van der Waals surface area contributed by atoms with Gasteiger partial charge in [0.05, 0.1) is 23.0 Å². The van der Waals surface area contributed by atoms with Gasteiger partial charge in [0.1, 0.15) is 0 Å². The predicted molar refractivity (Wildman–Crippen MR) is 131 cm³/mol. The van der Waals surface area contributed by atoms with Crippen LogP contribution in [0.1, 0.15) is 49.3 Å². The van der Waals surface area contributed by atoms with Gasteiger partial charge in [0.25, 0.3) is 0 Å². The Morgan fingerprint density at radius 3 is 2.49 bits per heavy atom. The topological polar surface area (TPSA) is 53.6 Å². The second-order valence-corrected chi connectivity index (χ2v) is 8.38. The molecule has 0 saturated carbocycles. The Bertz CT molecular complexity index is 1310. The molecule has 0 atom stereocenters. The number of anilines is 1. The van der Waals surface area contributed by atoms with Crippen molar-refractivity contribution in [1.82, 2.24) is 15.2 Å². The molecule has 2 aromatic carbocycles. The first kappa shape index (κ1) is 24.4. The van der Waals surface area contributed by atoms with Crippen molar-refractivity contribution < 1.29 is 17.6 Å². The lowest BCUT2D eigenvalue weighted by molar-refractivity contribution is -0.122. The van der Waals surface area contributed by atoms with Gasteiger partial charge in [-0.25, -0.2) is 0 Å². The number of nitrogens with zero attached hydrogens (tertiary/aromatic N) is 2. The predicted octanol–water partition coefficient (Wildman–Crippen LogP) is 7.61. The van der Waals surface area contributed by atoms with Gasteiger partial charge < -0.3 is 5.32 Å². The van der Waals surface area contributed by atoms with Crippen molar-refractivity contribution in [2.75, 3.05) is 11.9 Å². The Hall–Kier alpha value is -3.68. The highest BCUT2D eigenvalue weighted by atomic mass is 19.4. The minimum absolute atomic E-state index is 0.0892. The number of pyridine rings is 1. The Kier molecular flexibility index (Phi) is 7.48. The largest absolute Gasteiger partial charge is 0.393 e. The summed E-state index contributed by atoms with van der Waals surface area (Å²) in [5, 5.41) is 9.70. The molecule has 0 aliphatic carbocycles. The van der Waals surface area contributed by atoms with Gasteiger partial charge in [-0.15, -0.1) is 0 Å². The Morgan fingerprint density at radius 1 is 0.943 bits per heavy atom. The first-order valence-electron chi connectivity index (χ1n) is 11.5. The molecule has 0 amide bonds. The Balaban J connectivity index is 1.91. The van der Waals surface area contributed by atoms with Crippen LogP contribution in [0.15, 0.2) is 67.0 Å². The number of benzene rings is 2. The van der Waals surface area contributed by atoms with Crippen LogP contribution in [0.5, 0.6) is 0 Å². The zero-order valence-corrected chi connectivity index (χ0v) is 19.3. The quantitative estimate of drug-likeness (QED) is 0.147. The van der Waals surface area contributed by atoms with Gasteiger partial charge >= 0.3 is 6.18 Å². The first-order valence-corrected chi connectivity index (χ1v) is 11.5. The standard InChI is InChI=1S/C27H26F4N4/c1-2-3-7-12-33-21-13-20(16-32-17-21)25(19-10-11-24-22(14-19)26(28)35-34-24)23(15-27(29,30)31)18-8-5-4-6-9-18/h4-6,8-11,13-14,16-17,33H,2-3,7,12,15H2,1H3,(H,34,35)/b25-23-. The third-order valence-electron chi connectivity index (χ3n) is 5.73. The first-order chi connectivity index (χ1) is 16.9. The minimum Gasteiger partial charge on any atom is -0.384 e. The fourth-order valence-corrected chi connectivity index (χ4v) is 4.11. The molecule has 8 heteroatoms. The smallest absolute Gasteiger partial charge is 0.384 e. The maximum absolute atomic E-state index is 14.3. The average molecular weight is 483 g/mol. The van der Waals surface area contributed by atoms with Crippen molar-refractivity contribution in [2.24, 2.45) is 0 Å². The summed E-state index contributed by atoms with van der Waals surface area (Å²) in [6.07, 6.45) is 0.725. The lowest BCUT2D eigenvalue weighted by Crippen LogP contribution is -2.10. The van der Waals surface area contributed by atoms with Gasteiger partial charge in [-0.2, -0.15) is 22.7 Å². The Labute approximate surface area is 201 Å². The number of allylic oxidation sites excluding steroid dienone is 1. The van der Waals surface area contributed by atoms with E-state index in [0.717, 1.165) is 25.8 Å². The molecular weight excluding hydrogens is 456 g/mol. The van der Waals surface area contributed by atoms with Crippen molar-refractivity contribution in [3.63, 3.8) is 0 Å². The third kappa shape index (κ3) is 6.07. The van der Waals surface area contributed by atoms with E-state index in [-0.39, 0.29) is 11.0 Å². The highest BCUT2D eigenvalue weighted by molar-refractivity contribution is 6.00. The van der Waals surface area contributed by atoms with Crippen molar-refractivity contribution in [2.45, 2.75) is 38.8 Å². The van der Waals surface area contributed by atoms with E-state index in [1.54, 1.807) is 60.9 Å². The number of nitrogens with one attached hydrogen (secondary N) is 2. The van der Waals surface area contributed by atoms with Crippen LogP contribution in [-0.4, -0.2) is 27.9 Å². The van der Waals surface area contributed by atoms with Crippen LogP contribution in [0.3, 0.4) is 0 Å². The number of aromatic amines is 1. The molecule has 4 nitrogen and oxygen atoms in total. The molecule has 0 spiro atoms. The fourth-order valence-electron chi connectivity index (χ4n) is 4.11. The summed E-state index contributed by atoms with van der Waals surface area (Å²) in [5.74, 6) is -0.636. The summed E-state index contributed by atoms with van der Waals surface area (Å²) in [4.78, 5) is 4.30. The number of hydrogen-bond acceptors (Lipinski definition) is 3. The summed E-state index contributed by atoms with van der Waals surface area (Å²) in [6, 6.07) is 15.0. The van der Waals surface area contributed by atoms with Crippen LogP contribution in [-0.2, 0) is 0 Å². The molecule has 2 N–H and O–H groups in total. The van der Waals surface area contributed by atoms with Crippen LogP contribution < -0.4 is 5.32 Å². The minimum atomic E-state index is -4.45. The number of unbranched alkanes of at least 4 members (excludes halogenated alkanes) is 2. The number of hydrogen-bond donors (Lipinski definition) is 2. The van der Waals surface area contributed by atoms with Crippen LogP contribution in [0.25, 0.3) is 22.0 Å². The maximum atomic E-state index is 14.3. The highest BCUT2D eigenvalue weighted by Crippen LogP contribution is 2.40. The Morgan fingerprint density at radius 2 is 1.74 bits per heavy atom. The van der Waals surface area contributed by atoms with Gasteiger partial charge in [0.2, 0.25) is 5.95 Å². The highest BCUT2D eigenvalue weighted by Gasteiger charge is 2.31. The summed E-state index contributed by atoms with van der Waals surface area (Å²) < 4.78 is 55.8. The van der Waals surface area contributed by atoms with Crippen molar-refractivity contribution >= 4 is 27.7 Å². The molecule has 0 saturated heterocycles. The molecule has 0 aliphatic heterocycles. The molecule has 4 rings (SSSR count). The van der Waals surface area contributed by atoms with E-state index in [2.05, 4.69) is 27.4 Å². The molecule has 0 radical (unpaired) electrons. The number of alkyl halides is 3. The number of fused-ring (bicyclic) bond motifs is 1. The molecule has 0 bridgehead atoms. The van der Waals surface area contributed by atoms with E-state index in [1.165, 1.54) is 6.07 Å². The van der Waals surface area contributed by atoms with Gasteiger partial charge in [-0.3, -0.25) is 10.1 Å². The molecule has 4 aromatic rings. The molecule has 0 aliphatic rings. The summed E-state index contributed by atoms with van der Waals surface area (Å²) >= 11 is 0. The number of H-pyrrole nitrogens is 1.